The van der Waals surface area contributed by atoms with Crippen molar-refractivity contribution in [3.05, 3.63) is 65.4 Å². The molecule has 30 heavy (non-hydrogen) atoms. The van der Waals surface area contributed by atoms with E-state index < -0.39 is 0 Å². The van der Waals surface area contributed by atoms with Crippen LogP contribution in [0.3, 0.4) is 0 Å². The summed E-state index contributed by atoms with van der Waals surface area (Å²) < 4.78 is 5.56. The largest absolute Gasteiger partial charge is 0.497 e. The molecule has 156 valence electrons. The highest BCUT2D eigenvalue weighted by Crippen LogP contribution is 2.49. The molecular formula is C26H30N2O2. The van der Waals surface area contributed by atoms with Gasteiger partial charge in [0.15, 0.2) is 0 Å². The summed E-state index contributed by atoms with van der Waals surface area (Å²) in [7, 11) is 1.73. The number of aromatic nitrogens is 1. The average Bonchev–Trinajstić information content (AvgIpc) is 3.14. The molecular weight excluding hydrogens is 372 g/mol. The topological polar surface area (TPSA) is 45.3 Å². The van der Waals surface area contributed by atoms with Gasteiger partial charge in [-0.15, -0.1) is 0 Å². The third-order valence-corrected chi connectivity index (χ3v) is 7.36. The zero-order valence-electron chi connectivity index (χ0n) is 17.9. The zero-order chi connectivity index (χ0) is 20.7. The standard InChI is InChI=1S/C26H30N2O2/c1-3-7-25(29)28-13-12-26(18-8-6-9-20(14-18)30-2)16-24-22(15-19(26)17-28)21-10-4-5-11-23(21)27-24/h4-6,8-11,14,19,27H,3,7,12-13,15-17H2,1-2H3. The van der Waals surface area contributed by atoms with Crippen molar-refractivity contribution < 1.29 is 9.53 Å². The summed E-state index contributed by atoms with van der Waals surface area (Å²) in [4.78, 5) is 18.6. The molecule has 5 rings (SSSR count). The van der Waals surface area contributed by atoms with Gasteiger partial charge in [0.1, 0.15) is 5.75 Å². The number of carbonyl (C=O) groups is 1. The van der Waals surface area contributed by atoms with Crippen LogP contribution in [0, 0.1) is 5.92 Å². The van der Waals surface area contributed by atoms with E-state index >= 15 is 0 Å². The predicted octanol–water partition coefficient (Wildman–Crippen LogP) is 4.86. The molecule has 0 bridgehead atoms. The van der Waals surface area contributed by atoms with Crippen LogP contribution in [0.2, 0.25) is 0 Å². The van der Waals surface area contributed by atoms with Crippen LogP contribution in [0.4, 0.5) is 0 Å². The van der Waals surface area contributed by atoms with E-state index in [-0.39, 0.29) is 5.41 Å². The van der Waals surface area contributed by atoms with Gasteiger partial charge in [0, 0.05) is 41.5 Å². The molecule has 1 N–H and O–H groups in total. The maximum absolute atomic E-state index is 12.7. The number of hydrogen-bond donors (Lipinski definition) is 1. The molecule has 1 saturated heterocycles. The molecule has 0 saturated carbocycles. The molecule has 2 aliphatic rings. The van der Waals surface area contributed by atoms with Crippen LogP contribution >= 0.6 is 0 Å². The van der Waals surface area contributed by atoms with Crippen molar-refractivity contribution in [3.63, 3.8) is 0 Å². The summed E-state index contributed by atoms with van der Waals surface area (Å²) in [6.07, 6.45) is 4.55. The Morgan fingerprint density at radius 1 is 1.23 bits per heavy atom. The Bertz CT molecular complexity index is 1090. The molecule has 1 fully saturated rings. The second-order valence-corrected chi connectivity index (χ2v) is 8.93. The summed E-state index contributed by atoms with van der Waals surface area (Å²) in [6, 6.07) is 17.2. The molecule has 4 nitrogen and oxygen atoms in total. The molecule has 1 amide bonds. The first-order valence-corrected chi connectivity index (χ1v) is 11.2. The summed E-state index contributed by atoms with van der Waals surface area (Å²) in [5.41, 5.74) is 5.41. The maximum atomic E-state index is 12.7. The van der Waals surface area contributed by atoms with Crippen LogP contribution < -0.4 is 4.74 Å². The molecule has 1 aliphatic heterocycles. The number of piperidine rings is 1. The Hall–Kier alpha value is -2.75. The number of nitrogens with one attached hydrogen (secondary N) is 1. The fraction of sp³-hybridized carbons (Fsp3) is 0.423. The van der Waals surface area contributed by atoms with Gasteiger partial charge in [0.05, 0.1) is 7.11 Å². The molecule has 2 aromatic carbocycles. The Labute approximate surface area is 178 Å². The first kappa shape index (κ1) is 19.2. The van der Waals surface area contributed by atoms with E-state index in [4.69, 9.17) is 4.74 Å². The molecule has 3 aromatic rings. The Balaban J connectivity index is 1.60. The SMILES string of the molecule is CCCC(=O)N1CCC2(c3cccc(OC)c3)Cc3[nH]c4ccccc4c3CC2C1. The van der Waals surface area contributed by atoms with Crippen molar-refractivity contribution in [3.8, 4) is 5.75 Å². The summed E-state index contributed by atoms with van der Waals surface area (Å²) in [6.45, 7) is 3.76. The molecule has 2 atom stereocenters. The van der Waals surface area contributed by atoms with Crippen LogP contribution in [0.25, 0.3) is 10.9 Å². The van der Waals surface area contributed by atoms with Gasteiger partial charge in [-0.25, -0.2) is 0 Å². The zero-order valence-corrected chi connectivity index (χ0v) is 17.9. The van der Waals surface area contributed by atoms with Crippen LogP contribution in [0.5, 0.6) is 5.75 Å². The van der Waals surface area contributed by atoms with Crippen molar-refractivity contribution in [2.75, 3.05) is 20.2 Å². The second kappa shape index (κ2) is 7.50. The fourth-order valence-electron chi connectivity index (χ4n) is 5.78. The number of aromatic amines is 1. The number of rotatable bonds is 4. The van der Waals surface area contributed by atoms with Gasteiger partial charge in [-0.2, -0.15) is 0 Å². The molecule has 1 aliphatic carbocycles. The van der Waals surface area contributed by atoms with E-state index in [1.54, 1.807) is 7.11 Å². The lowest BCUT2D eigenvalue weighted by molar-refractivity contribution is -0.134. The molecule has 1 aromatic heterocycles. The number of carbonyl (C=O) groups excluding carboxylic acids is 1. The number of amides is 1. The van der Waals surface area contributed by atoms with E-state index in [1.807, 2.05) is 6.07 Å². The van der Waals surface area contributed by atoms with E-state index in [2.05, 4.69) is 59.3 Å². The molecule has 4 heteroatoms. The Morgan fingerprint density at radius 2 is 2.10 bits per heavy atom. The number of hydrogen-bond acceptors (Lipinski definition) is 2. The number of nitrogens with zero attached hydrogens (tertiary/aromatic N) is 1. The molecule has 2 unspecified atom stereocenters. The van der Waals surface area contributed by atoms with Gasteiger partial charge in [0.25, 0.3) is 0 Å². The Morgan fingerprint density at radius 3 is 2.93 bits per heavy atom. The summed E-state index contributed by atoms with van der Waals surface area (Å²) >= 11 is 0. The van der Waals surface area contributed by atoms with E-state index in [9.17, 15) is 4.79 Å². The van der Waals surface area contributed by atoms with Gasteiger partial charge in [-0.1, -0.05) is 37.3 Å². The maximum Gasteiger partial charge on any atom is 0.222 e. The highest BCUT2D eigenvalue weighted by Gasteiger charge is 2.48. The number of likely N-dealkylation sites (tertiary alicyclic amines) is 1. The quantitative estimate of drug-likeness (QED) is 0.677. The monoisotopic (exact) mass is 402 g/mol. The van der Waals surface area contributed by atoms with E-state index in [0.29, 0.717) is 18.2 Å². The number of para-hydroxylation sites is 1. The van der Waals surface area contributed by atoms with Crippen LogP contribution in [-0.2, 0) is 23.1 Å². The van der Waals surface area contributed by atoms with Crippen molar-refractivity contribution in [2.24, 2.45) is 5.92 Å². The third kappa shape index (κ3) is 3.01. The van der Waals surface area contributed by atoms with Crippen molar-refractivity contribution in [1.29, 1.82) is 0 Å². The smallest absolute Gasteiger partial charge is 0.222 e. The summed E-state index contributed by atoms with van der Waals surface area (Å²) in [5.74, 6) is 1.62. The molecule has 0 spiro atoms. The highest BCUT2D eigenvalue weighted by molar-refractivity contribution is 5.85. The first-order valence-electron chi connectivity index (χ1n) is 11.2. The van der Waals surface area contributed by atoms with Crippen LogP contribution in [0.1, 0.15) is 43.0 Å². The highest BCUT2D eigenvalue weighted by atomic mass is 16.5. The van der Waals surface area contributed by atoms with Gasteiger partial charge in [0.2, 0.25) is 5.91 Å². The lowest BCUT2D eigenvalue weighted by Crippen LogP contribution is -2.55. The van der Waals surface area contributed by atoms with E-state index in [0.717, 1.165) is 44.5 Å². The number of H-pyrrole nitrogens is 1. The Kier molecular flexibility index (Phi) is 4.80. The normalized spacial score (nSPS) is 23.1. The molecule has 2 heterocycles. The van der Waals surface area contributed by atoms with Gasteiger partial charge in [-0.05, 0) is 60.9 Å². The van der Waals surface area contributed by atoms with Gasteiger partial charge >= 0.3 is 0 Å². The summed E-state index contributed by atoms with van der Waals surface area (Å²) in [5, 5.41) is 1.34. The lowest BCUT2D eigenvalue weighted by Gasteiger charge is -2.51. The molecule has 0 radical (unpaired) electrons. The van der Waals surface area contributed by atoms with Crippen LogP contribution in [0.15, 0.2) is 48.5 Å². The third-order valence-electron chi connectivity index (χ3n) is 7.36. The predicted molar refractivity (Wildman–Crippen MR) is 120 cm³/mol. The fourth-order valence-corrected chi connectivity index (χ4v) is 5.78. The van der Waals surface area contributed by atoms with E-state index in [1.165, 1.54) is 27.7 Å². The first-order chi connectivity index (χ1) is 14.6. The van der Waals surface area contributed by atoms with Crippen molar-refractivity contribution in [1.82, 2.24) is 9.88 Å². The minimum atomic E-state index is 0.0331. The number of fused-ring (bicyclic) bond motifs is 4. The number of methoxy groups -OCH3 is 1. The van der Waals surface area contributed by atoms with Gasteiger partial charge < -0.3 is 14.6 Å². The van der Waals surface area contributed by atoms with Crippen LogP contribution in [-0.4, -0.2) is 36.0 Å². The number of benzene rings is 2. The second-order valence-electron chi connectivity index (χ2n) is 8.93. The van der Waals surface area contributed by atoms with Gasteiger partial charge in [-0.3, -0.25) is 4.79 Å². The number of ether oxygens (including phenoxy) is 1. The van der Waals surface area contributed by atoms with Crippen molar-refractivity contribution in [2.45, 2.75) is 44.4 Å². The minimum absolute atomic E-state index is 0.0331. The lowest BCUT2D eigenvalue weighted by atomic mass is 9.58. The van der Waals surface area contributed by atoms with Crippen molar-refractivity contribution >= 4 is 16.8 Å². The minimum Gasteiger partial charge on any atom is -0.497 e. The average molecular weight is 403 g/mol.